The van der Waals surface area contributed by atoms with Gasteiger partial charge in [-0.15, -0.1) is 0 Å². The molecule has 6 atom stereocenters. The number of aldehydes is 1. The van der Waals surface area contributed by atoms with E-state index in [1.807, 2.05) is 6.92 Å². The predicted octanol–water partition coefficient (Wildman–Crippen LogP) is 4.31. The lowest BCUT2D eigenvalue weighted by Crippen LogP contribution is -2.74. The van der Waals surface area contributed by atoms with Crippen molar-refractivity contribution in [1.82, 2.24) is 4.90 Å². The number of allylic oxidation sites excluding steroid dienone is 2. The number of ketones is 2. The number of methoxy groups -OCH3 is 1. The van der Waals surface area contributed by atoms with Gasteiger partial charge in [0.1, 0.15) is 13.1 Å². The van der Waals surface area contributed by atoms with Crippen molar-refractivity contribution in [1.29, 1.82) is 0 Å². The highest BCUT2D eigenvalue weighted by Gasteiger charge is 2.77. The van der Waals surface area contributed by atoms with Crippen LogP contribution < -0.4 is 0 Å². The monoisotopic (exact) mass is 547 g/mol. The topological polar surface area (TPSA) is 107 Å². The Balaban J connectivity index is 1.49. The van der Waals surface area contributed by atoms with E-state index in [4.69, 9.17) is 9.47 Å². The number of hydrogen-bond donors (Lipinski definition) is 0. The van der Waals surface area contributed by atoms with Crippen molar-refractivity contribution < 1.29 is 33.4 Å². The van der Waals surface area contributed by atoms with E-state index >= 15 is 4.79 Å². The Kier molecular flexibility index (Phi) is 6.50. The Morgan fingerprint density at radius 3 is 2.40 bits per heavy atom. The second kappa shape index (κ2) is 9.55. The molecule has 40 heavy (non-hydrogen) atoms. The molecule has 1 aliphatic heterocycles. The molecule has 5 aliphatic carbocycles. The van der Waals surface area contributed by atoms with Gasteiger partial charge in [-0.3, -0.25) is 24.1 Å². The van der Waals surface area contributed by atoms with E-state index in [1.54, 1.807) is 31.4 Å². The molecule has 0 aromatic heterocycles. The Morgan fingerprint density at radius 2 is 1.75 bits per heavy atom. The molecule has 8 heteroatoms. The first-order valence-electron chi connectivity index (χ1n) is 14.5. The molecular formula is C32H37NO7. The summed E-state index contributed by atoms with van der Waals surface area (Å²) in [5, 5.41) is 0. The third-order valence-electron chi connectivity index (χ3n) is 11.2. The average Bonchev–Trinajstić information content (AvgIpc) is 3.40. The zero-order valence-electron chi connectivity index (χ0n) is 23.5. The highest BCUT2D eigenvalue weighted by molar-refractivity contribution is 6.21. The lowest BCUT2D eigenvalue weighted by Gasteiger charge is -2.69. The summed E-state index contributed by atoms with van der Waals surface area (Å²) < 4.78 is 11.8. The Bertz CT molecular complexity index is 1310. The minimum absolute atomic E-state index is 0.0133. The number of carbonyl (C=O) groups excluding carboxylic acids is 5. The molecule has 2 amide bonds. The van der Waals surface area contributed by atoms with Crippen molar-refractivity contribution in [2.24, 2.45) is 28.1 Å². The zero-order chi connectivity index (χ0) is 28.4. The van der Waals surface area contributed by atoms with Gasteiger partial charge in [-0.1, -0.05) is 31.6 Å². The van der Waals surface area contributed by atoms with Gasteiger partial charge < -0.3 is 14.3 Å². The summed E-state index contributed by atoms with van der Waals surface area (Å²) in [5.74, 6) is -1.23. The van der Waals surface area contributed by atoms with E-state index in [1.165, 1.54) is 4.90 Å². The summed E-state index contributed by atoms with van der Waals surface area (Å²) in [4.78, 5) is 68.6. The molecule has 0 N–H and O–H groups in total. The van der Waals surface area contributed by atoms with Crippen molar-refractivity contribution in [2.75, 3.05) is 20.4 Å². The normalized spacial score (nSPS) is 35.2. The molecule has 212 valence electrons. The standard InChI is InChI=1S/C32H37NO7/c1-19(17-33-27(36)21-7-4-5-8-22(21)28(33)37)31-15-14-30(2)23(26(31)40-18-39-3)11-9-20-10-12-24(35)25(20)32(30,29(31)38)13-6-16-34/h4-5,7-8,16,19,23,26H,6,9-15,17-18H2,1-3H3/t19-,23-,26-,30+,31+,32+/m1/s1. The van der Waals surface area contributed by atoms with Gasteiger partial charge in [-0.25, -0.2) is 0 Å². The molecule has 0 saturated heterocycles. The van der Waals surface area contributed by atoms with Crippen LogP contribution in [-0.4, -0.2) is 61.1 Å². The van der Waals surface area contributed by atoms with Gasteiger partial charge in [-0.05, 0) is 67.9 Å². The Labute approximate surface area is 234 Å². The number of Topliss-reactive ketones (excluding diaryl/α,β-unsaturated/α-hetero) is 2. The number of hydrogen-bond acceptors (Lipinski definition) is 7. The fourth-order valence-corrected chi connectivity index (χ4v) is 9.41. The van der Waals surface area contributed by atoms with E-state index in [0.717, 1.165) is 24.7 Å². The minimum atomic E-state index is -1.08. The van der Waals surface area contributed by atoms with Gasteiger partial charge in [0.25, 0.3) is 11.8 Å². The largest absolute Gasteiger partial charge is 0.359 e. The van der Waals surface area contributed by atoms with Gasteiger partial charge in [0.05, 0.1) is 28.1 Å². The summed E-state index contributed by atoms with van der Waals surface area (Å²) in [6.45, 7) is 4.14. The van der Waals surface area contributed by atoms with Crippen molar-refractivity contribution in [3.63, 3.8) is 0 Å². The first-order valence-corrected chi connectivity index (χ1v) is 14.5. The smallest absolute Gasteiger partial charge is 0.261 e. The highest BCUT2D eigenvalue weighted by Crippen LogP contribution is 2.74. The average molecular weight is 548 g/mol. The molecule has 8 nitrogen and oxygen atoms in total. The molecule has 7 rings (SSSR count). The molecule has 3 fully saturated rings. The van der Waals surface area contributed by atoms with Crippen LogP contribution in [0, 0.1) is 28.1 Å². The number of fused-ring (bicyclic) bond motifs is 2. The van der Waals surface area contributed by atoms with Crippen molar-refractivity contribution >= 4 is 29.7 Å². The van der Waals surface area contributed by atoms with Crippen LogP contribution in [0.2, 0.25) is 0 Å². The maximum absolute atomic E-state index is 15.4. The fourth-order valence-electron chi connectivity index (χ4n) is 9.41. The molecule has 1 aromatic carbocycles. The van der Waals surface area contributed by atoms with E-state index < -0.39 is 28.3 Å². The first-order chi connectivity index (χ1) is 19.2. The number of amides is 2. The molecule has 0 radical (unpaired) electrons. The number of imide groups is 1. The van der Waals surface area contributed by atoms with E-state index in [2.05, 4.69) is 6.92 Å². The van der Waals surface area contributed by atoms with Crippen LogP contribution in [0.15, 0.2) is 35.4 Å². The molecule has 3 saturated carbocycles. The van der Waals surface area contributed by atoms with Gasteiger partial charge >= 0.3 is 0 Å². The third kappa shape index (κ3) is 3.29. The maximum atomic E-state index is 15.4. The number of ether oxygens (including phenoxy) is 2. The van der Waals surface area contributed by atoms with Crippen LogP contribution in [0.5, 0.6) is 0 Å². The van der Waals surface area contributed by atoms with Crippen LogP contribution in [0.3, 0.4) is 0 Å². The van der Waals surface area contributed by atoms with Gasteiger partial charge in [0.2, 0.25) is 0 Å². The Morgan fingerprint density at radius 1 is 1.05 bits per heavy atom. The van der Waals surface area contributed by atoms with E-state index in [0.29, 0.717) is 48.8 Å². The summed E-state index contributed by atoms with van der Waals surface area (Å²) in [5.41, 5.74) is -0.222. The molecule has 0 spiro atoms. The van der Waals surface area contributed by atoms with Crippen LogP contribution >= 0.6 is 0 Å². The molecule has 1 aromatic rings. The number of carbonyl (C=O) groups is 5. The molecule has 4 bridgehead atoms. The summed E-state index contributed by atoms with van der Waals surface area (Å²) in [7, 11) is 1.55. The van der Waals surface area contributed by atoms with E-state index in [-0.39, 0.29) is 49.1 Å². The zero-order valence-corrected chi connectivity index (χ0v) is 23.5. The van der Waals surface area contributed by atoms with Gasteiger partial charge in [-0.2, -0.15) is 0 Å². The number of nitrogens with zero attached hydrogens (tertiary/aromatic N) is 1. The summed E-state index contributed by atoms with van der Waals surface area (Å²) in [6, 6.07) is 6.79. The van der Waals surface area contributed by atoms with Gasteiger partial charge in [0.15, 0.2) is 11.6 Å². The summed E-state index contributed by atoms with van der Waals surface area (Å²) >= 11 is 0. The van der Waals surface area contributed by atoms with Crippen molar-refractivity contribution in [3.05, 3.63) is 46.5 Å². The second-order valence-electron chi connectivity index (χ2n) is 12.6. The predicted molar refractivity (Wildman–Crippen MR) is 144 cm³/mol. The minimum Gasteiger partial charge on any atom is -0.359 e. The fraction of sp³-hybridized carbons (Fsp3) is 0.594. The third-order valence-corrected chi connectivity index (χ3v) is 11.2. The van der Waals surface area contributed by atoms with Crippen LogP contribution in [-0.2, 0) is 23.9 Å². The SMILES string of the molecule is COCO[C@@H]1[C@H]2CCC3=C(C(=O)CC3)[C@@]3(CCC=O)C(=O)[C@]1([C@H](C)CN1C(=O)c4ccccc4C1=O)CC[C@@]23C. The second-order valence-corrected chi connectivity index (χ2v) is 12.6. The number of rotatable bonds is 9. The molecule has 0 unspecified atom stereocenters. The number of benzene rings is 1. The quantitative estimate of drug-likeness (QED) is 0.258. The molecular weight excluding hydrogens is 510 g/mol. The lowest BCUT2D eigenvalue weighted by molar-refractivity contribution is -0.248. The van der Waals surface area contributed by atoms with Gasteiger partial charge in [0, 0.05) is 32.1 Å². The van der Waals surface area contributed by atoms with Crippen molar-refractivity contribution in [3.8, 4) is 0 Å². The molecule has 6 aliphatic rings. The van der Waals surface area contributed by atoms with Crippen LogP contribution in [0.4, 0.5) is 0 Å². The summed E-state index contributed by atoms with van der Waals surface area (Å²) in [6.07, 6.45) is 4.63. The van der Waals surface area contributed by atoms with E-state index in [9.17, 15) is 19.2 Å². The first kappa shape index (κ1) is 27.2. The van der Waals surface area contributed by atoms with Crippen LogP contribution in [0.1, 0.15) is 85.9 Å². The molecule has 1 heterocycles. The Hall–Kier alpha value is -2.97. The highest BCUT2D eigenvalue weighted by atomic mass is 16.7. The van der Waals surface area contributed by atoms with Crippen LogP contribution in [0.25, 0.3) is 0 Å². The maximum Gasteiger partial charge on any atom is 0.261 e. The lowest BCUT2D eigenvalue weighted by atomic mass is 9.34. The van der Waals surface area contributed by atoms with Crippen molar-refractivity contribution in [2.45, 2.75) is 71.3 Å².